The first-order valence-corrected chi connectivity index (χ1v) is 7.00. The molecule has 0 unspecified atom stereocenters. The van der Waals surface area contributed by atoms with Crippen molar-refractivity contribution in [1.82, 2.24) is 4.13 Å². The van der Waals surface area contributed by atoms with Gasteiger partial charge in [-0.25, -0.2) is 26.5 Å². The molecule has 0 fully saturated rings. The monoisotopic (exact) mass is 269 g/mol. The maximum Gasteiger partial charge on any atom is 0.244 e. The molecule has 1 aliphatic heterocycles. The fraction of sp³-hybridized carbons (Fsp3) is 0. The van der Waals surface area contributed by atoms with Gasteiger partial charge in [-0.3, -0.25) is 0 Å². The Morgan fingerprint density at radius 3 is 1.53 bits per heavy atom. The van der Waals surface area contributed by atoms with Crippen molar-refractivity contribution in [3.8, 4) is 0 Å². The fourth-order valence-corrected chi connectivity index (χ4v) is 5.42. The second-order valence-corrected chi connectivity index (χ2v) is 6.57. The van der Waals surface area contributed by atoms with Crippen LogP contribution in [-0.4, -0.2) is 16.8 Å². The Bertz CT molecular complexity index is 741. The summed E-state index contributed by atoms with van der Waals surface area (Å²) in [5, 5.41) is 0. The maximum atomic E-state index is 11.6. The predicted octanol–water partition coefficient (Wildman–Crippen LogP) is 0.769. The van der Waals surface area contributed by atoms with Crippen LogP contribution >= 0.6 is 0 Å². The van der Waals surface area contributed by atoms with Crippen molar-refractivity contribution >= 4 is 31.4 Å². The third-order valence-electron chi connectivity index (χ3n) is 2.07. The average molecular weight is 269 g/mol. The van der Waals surface area contributed by atoms with Gasteiger partial charge in [-0.05, 0) is 0 Å². The molecule has 1 aromatic carbocycles. The highest BCUT2D eigenvalue weighted by Crippen LogP contribution is 2.41. The largest absolute Gasteiger partial charge is 0.244 e. The molecule has 0 radical (unpaired) electrons. The van der Waals surface area contributed by atoms with E-state index in [0.717, 1.165) is 12.1 Å². The molecule has 1 N–H and O–H groups in total. The van der Waals surface area contributed by atoms with Crippen LogP contribution in [0.3, 0.4) is 0 Å². The number of benzene rings is 1. The summed E-state index contributed by atoms with van der Waals surface area (Å²) >= 11 is 0. The van der Waals surface area contributed by atoms with Crippen LogP contribution in [-0.2, 0) is 20.0 Å². The Morgan fingerprint density at radius 1 is 0.882 bits per heavy atom. The molecule has 1 aromatic rings. The van der Waals surface area contributed by atoms with Gasteiger partial charge >= 0.3 is 0 Å². The molecular formula is C8H3N3O4S2. The van der Waals surface area contributed by atoms with Crippen molar-refractivity contribution in [2.75, 3.05) is 0 Å². The Hall–Kier alpha value is -1.94. The molecule has 17 heavy (non-hydrogen) atoms. The topological polar surface area (TPSA) is 89.0 Å². The predicted molar refractivity (Wildman–Crippen MR) is 56.5 cm³/mol. The summed E-state index contributed by atoms with van der Waals surface area (Å²) in [6, 6.07) is 2.22. The summed E-state index contributed by atoms with van der Waals surface area (Å²) in [5.41, 5.74) is -0.637. The van der Waals surface area contributed by atoms with Gasteiger partial charge in [0.15, 0.2) is 0 Å². The van der Waals surface area contributed by atoms with Gasteiger partial charge in [0, 0.05) is 0 Å². The summed E-state index contributed by atoms with van der Waals surface area (Å²) in [7, 11) is -8.57. The minimum Gasteiger partial charge on any atom is -0.237 e. The molecule has 7 nitrogen and oxygen atoms in total. The number of hydrogen-bond acceptors (Lipinski definition) is 4. The number of fused-ring (bicyclic) bond motifs is 1. The normalized spacial score (nSPS) is 18.9. The molecule has 1 heterocycles. The van der Waals surface area contributed by atoms with Crippen molar-refractivity contribution in [2.45, 2.75) is 9.79 Å². The molecule has 0 atom stereocenters. The van der Waals surface area contributed by atoms with Crippen LogP contribution in [0.2, 0.25) is 0 Å². The van der Waals surface area contributed by atoms with Gasteiger partial charge in [0.05, 0.1) is 22.9 Å². The lowest BCUT2D eigenvalue weighted by molar-refractivity contribution is 0.587. The van der Waals surface area contributed by atoms with Crippen LogP contribution in [0, 0.1) is 13.1 Å². The van der Waals surface area contributed by atoms with Gasteiger partial charge < -0.3 is 0 Å². The number of hydrogen-bond donors (Lipinski definition) is 1. The van der Waals surface area contributed by atoms with E-state index < -0.39 is 29.8 Å². The van der Waals surface area contributed by atoms with Crippen LogP contribution in [0.5, 0.6) is 0 Å². The van der Waals surface area contributed by atoms with Gasteiger partial charge in [-0.2, -0.15) is 0 Å². The smallest absolute Gasteiger partial charge is 0.237 e. The number of sulfonamides is 2. The van der Waals surface area contributed by atoms with E-state index in [1.54, 1.807) is 0 Å². The second kappa shape index (κ2) is 3.28. The lowest BCUT2D eigenvalue weighted by Gasteiger charge is -1.99. The number of nitrogens with zero attached hydrogens (tertiary/aromatic N) is 2. The van der Waals surface area contributed by atoms with E-state index in [0.29, 0.717) is 0 Å². The highest BCUT2D eigenvalue weighted by atomic mass is 32.3. The third kappa shape index (κ3) is 1.49. The van der Waals surface area contributed by atoms with Gasteiger partial charge in [0.1, 0.15) is 0 Å². The number of rotatable bonds is 0. The second-order valence-electron chi connectivity index (χ2n) is 3.08. The van der Waals surface area contributed by atoms with Gasteiger partial charge in [0.2, 0.25) is 31.4 Å². The van der Waals surface area contributed by atoms with Gasteiger partial charge in [0.25, 0.3) is 0 Å². The van der Waals surface area contributed by atoms with Crippen molar-refractivity contribution < 1.29 is 16.8 Å². The van der Waals surface area contributed by atoms with E-state index in [4.69, 9.17) is 13.1 Å². The molecular weight excluding hydrogens is 266 g/mol. The molecule has 0 spiro atoms. The van der Waals surface area contributed by atoms with E-state index in [-0.39, 0.29) is 11.4 Å². The van der Waals surface area contributed by atoms with Crippen LogP contribution in [0.25, 0.3) is 9.69 Å². The molecule has 0 aromatic heterocycles. The molecule has 0 bridgehead atoms. The van der Waals surface area contributed by atoms with E-state index in [9.17, 15) is 16.8 Å². The Labute approximate surface area is 97.4 Å². The number of nitrogens with one attached hydrogen (secondary N) is 1. The molecule has 0 saturated carbocycles. The van der Waals surface area contributed by atoms with Crippen LogP contribution in [0.1, 0.15) is 0 Å². The Kier molecular flexibility index (Phi) is 2.22. The molecule has 9 heteroatoms. The Morgan fingerprint density at radius 2 is 1.24 bits per heavy atom. The first kappa shape index (κ1) is 11.5. The lowest BCUT2D eigenvalue weighted by atomic mass is 10.3. The molecule has 0 amide bonds. The van der Waals surface area contributed by atoms with E-state index >= 15 is 0 Å². The van der Waals surface area contributed by atoms with Crippen LogP contribution in [0.15, 0.2) is 21.9 Å². The van der Waals surface area contributed by atoms with Crippen molar-refractivity contribution in [2.24, 2.45) is 0 Å². The van der Waals surface area contributed by atoms with Crippen molar-refractivity contribution in [3.05, 3.63) is 35.0 Å². The van der Waals surface area contributed by atoms with Crippen molar-refractivity contribution in [3.63, 3.8) is 0 Å². The molecule has 2 rings (SSSR count). The van der Waals surface area contributed by atoms with E-state index in [2.05, 4.69) is 9.69 Å². The Balaban J connectivity index is 3.12. The zero-order valence-corrected chi connectivity index (χ0v) is 9.63. The first-order valence-electron chi connectivity index (χ1n) is 4.04. The molecule has 0 aliphatic carbocycles. The van der Waals surface area contributed by atoms with E-state index in [1.807, 2.05) is 0 Å². The fourth-order valence-electron chi connectivity index (χ4n) is 1.47. The summed E-state index contributed by atoms with van der Waals surface area (Å²) in [6.45, 7) is 13.6. The highest BCUT2D eigenvalue weighted by Gasteiger charge is 2.42. The van der Waals surface area contributed by atoms with Crippen LogP contribution < -0.4 is 4.13 Å². The summed E-state index contributed by atoms with van der Waals surface area (Å²) in [6.07, 6.45) is 0. The molecule has 0 saturated heterocycles. The first-order chi connectivity index (χ1) is 7.83. The van der Waals surface area contributed by atoms with Gasteiger partial charge in [-0.1, -0.05) is 12.1 Å². The van der Waals surface area contributed by atoms with Crippen LogP contribution in [0.4, 0.5) is 11.4 Å². The SMILES string of the molecule is [C-]#[N+]c1ccc([N+]#[C-])c2c1S(=O)(=O)NS2(=O)=O. The molecule has 86 valence electrons. The molecule has 1 aliphatic rings. The minimum absolute atomic E-state index is 0.319. The third-order valence-corrected chi connectivity index (χ3v) is 5.85. The average Bonchev–Trinajstić information content (AvgIpc) is 2.44. The zero-order valence-electron chi connectivity index (χ0n) is 8.00. The maximum absolute atomic E-state index is 11.6. The summed E-state index contributed by atoms with van der Waals surface area (Å²) in [5.74, 6) is 0. The van der Waals surface area contributed by atoms with Gasteiger partial charge in [-0.15, -0.1) is 4.13 Å². The minimum atomic E-state index is -4.28. The zero-order chi connectivity index (χ0) is 12.8. The standard InChI is InChI=1S/C8H3N3O4S2/c1-9-5-3-4-6(10-2)8-7(5)16(12,13)11-17(8,14)15/h3-4,11H. The lowest BCUT2D eigenvalue weighted by Crippen LogP contribution is -2.21. The van der Waals surface area contributed by atoms with E-state index in [1.165, 1.54) is 4.13 Å². The summed E-state index contributed by atoms with van der Waals surface area (Å²) in [4.78, 5) is 4.61. The highest BCUT2D eigenvalue weighted by molar-refractivity contribution is 8.07. The van der Waals surface area contributed by atoms with Crippen molar-refractivity contribution in [1.29, 1.82) is 0 Å². The quantitative estimate of drug-likeness (QED) is 0.704. The summed E-state index contributed by atoms with van der Waals surface area (Å²) < 4.78 is 47.8.